The fraction of sp³-hybridized carbons (Fsp3) is 0.0625. The summed E-state index contributed by atoms with van der Waals surface area (Å²) in [5.41, 5.74) is 14.9. The second-order valence-electron chi connectivity index (χ2n) is 4.48. The van der Waals surface area contributed by atoms with Gasteiger partial charge in [-0.3, -0.25) is 0 Å². The number of allylic oxidation sites excluding steroid dienone is 2. The zero-order chi connectivity index (χ0) is 14.5. The van der Waals surface area contributed by atoms with E-state index in [1.54, 1.807) is 37.3 Å². The number of hydrogen-bond acceptors (Lipinski definition) is 3. The van der Waals surface area contributed by atoms with Gasteiger partial charge in [-0.05, 0) is 61.5 Å². The highest BCUT2D eigenvalue weighted by molar-refractivity contribution is 6.10. The number of hydrogen-bond donors (Lipinski definition) is 2. The molecule has 0 radical (unpaired) electrons. The highest BCUT2D eigenvalue weighted by Gasteiger charge is 2.02. The van der Waals surface area contributed by atoms with Gasteiger partial charge in [-0.1, -0.05) is 0 Å². The lowest BCUT2D eigenvalue weighted by atomic mass is 10.1. The minimum atomic E-state index is -0.283. The Kier molecular flexibility index (Phi) is 4.15. The summed E-state index contributed by atoms with van der Waals surface area (Å²) in [4.78, 5) is 4.52. The fourth-order valence-electron chi connectivity index (χ4n) is 1.70. The van der Waals surface area contributed by atoms with Crippen molar-refractivity contribution in [3.63, 3.8) is 0 Å². The molecule has 0 bridgehead atoms. The smallest absolute Gasteiger partial charge is 0.123 e. The lowest BCUT2D eigenvalue weighted by Crippen LogP contribution is -2.01. The topological polar surface area (TPSA) is 64.4 Å². The maximum atomic E-state index is 13.0. The van der Waals surface area contributed by atoms with Crippen molar-refractivity contribution >= 4 is 17.1 Å². The van der Waals surface area contributed by atoms with Gasteiger partial charge in [0, 0.05) is 16.9 Å². The van der Waals surface area contributed by atoms with Gasteiger partial charge in [0.25, 0.3) is 0 Å². The zero-order valence-electron chi connectivity index (χ0n) is 11.2. The van der Waals surface area contributed by atoms with E-state index in [0.29, 0.717) is 17.1 Å². The molecule has 2 aromatic rings. The summed E-state index contributed by atoms with van der Waals surface area (Å²) < 4.78 is 13.0. The molecule has 0 spiro atoms. The Labute approximate surface area is 117 Å². The molecular formula is C16H16FN3. The number of nitrogens with two attached hydrogens (primary N) is 2. The molecule has 0 amide bonds. The molecular weight excluding hydrogens is 253 g/mol. The normalized spacial score (nSPS) is 12.5. The molecule has 0 aliphatic rings. The number of benzene rings is 2. The summed E-state index contributed by atoms with van der Waals surface area (Å²) in [6.07, 6.45) is 1.75. The Hall–Kier alpha value is -2.62. The highest BCUT2D eigenvalue weighted by Crippen LogP contribution is 2.17. The van der Waals surface area contributed by atoms with E-state index in [9.17, 15) is 4.39 Å². The SMILES string of the molecule is CC(N)=CC(=Nc1ccc(N)cc1)c1ccc(F)cc1. The number of nitrogens with zero attached hydrogens (tertiary/aromatic N) is 1. The molecule has 0 unspecified atom stereocenters. The van der Waals surface area contributed by atoms with E-state index in [4.69, 9.17) is 11.5 Å². The van der Waals surface area contributed by atoms with Crippen LogP contribution in [0, 0.1) is 5.82 Å². The van der Waals surface area contributed by atoms with E-state index in [-0.39, 0.29) is 5.82 Å². The summed E-state index contributed by atoms with van der Waals surface area (Å²) in [6, 6.07) is 13.3. The van der Waals surface area contributed by atoms with Crippen LogP contribution in [0.25, 0.3) is 0 Å². The van der Waals surface area contributed by atoms with Crippen molar-refractivity contribution in [3.05, 3.63) is 71.7 Å². The Bertz CT molecular complexity index is 636. The first-order chi connectivity index (χ1) is 9.54. The lowest BCUT2D eigenvalue weighted by molar-refractivity contribution is 0.628. The molecule has 0 heterocycles. The van der Waals surface area contributed by atoms with Crippen molar-refractivity contribution in [1.29, 1.82) is 0 Å². The molecule has 0 atom stereocenters. The number of aliphatic imine (C=N–C) groups is 1. The number of anilines is 1. The molecule has 0 fully saturated rings. The molecule has 2 aromatic carbocycles. The lowest BCUT2D eigenvalue weighted by Gasteiger charge is -2.04. The van der Waals surface area contributed by atoms with Crippen LogP contribution in [0.15, 0.2) is 65.3 Å². The van der Waals surface area contributed by atoms with Gasteiger partial charge in [-0.15, -0.1) is 0 Å². The molecule has 20 heavy (non-hydrogen) atoms. The van der Waals surface area contributed by atoms with E-state index in [2.05, 4.69) is 4.99 Å². The first-order valence-electron chi connectivity index (χ1n) is 6.18. The van der Waals surface area contributed by atoms with Gasteiger partial charge >= 0.3 is 0 Å². The van der Waals surface area contributed by atoms with Crippen LogP contribution in [-0.2, 0) is 0 Å². The second kappa shape index (κ2) is 6.02. The summed E-state index contributed by atoms with van der Waals surface area (Å²) in [5, 5.41) is 0. The average molecular weight is 269 g/mol. The van der Waals surface area contributed by atoms with Crippen molar-refractivity contribution in [1.82, 2.24) is 0 Å². The maximum absolute atomic E-state index is 13.0. The van der Waals surface area contributed by atoms with E-state index < -0.39 is 0 Å². The average Bonchev–Trinajstić information content (AvgIpc) is 2.41. The van der Waals surface area contributed by atoms with E-state index in [1.807, 2.05) is 12.1 Å². The van der Waals surface area contributed by atoms with Crippen LogP contribution in [0.3, 0.4) is 0 Å². The van der Waals surface area contributed by atoms with Gasteiger partial charge in [-0.25, -0.2) is 9.38 Å². The first-order valence-corrected chi connectivity index (χ1v) is 6.18. The number of nitrogen functional groups attached to an aromatic ring is 1. The number of rotatable bonds is 3. The molecule has 3 nitrogen and oxygen atoms in total. The van der Waals surface area contributed by atoms with Gasteiger partial charge in [-0.2, -0.15) is 0 Å². The third-order valence-corrected chi connectivity index (χ3v) is 2.65. The van der Waals surface area contributed by atoms with Crippen molar-refractivity contribution in [2.75, 3.05) is 5.73 Å². The van der Waals surface area contributed by atoms with Crippen LogP contribution < -0.4 is 11.5 Å². The molecule has 0 saturated heterocycles. The van der Waals surface area contributed by atoms with Crippen molar-refractivity contribution < 1.29 is 4.39 Å². The Morgan fingerprint density at radius 1 is 1.05 bits per heavy atom. The maximum Gasteiger partial charge on any atom is 0.123 e. The monoisotopic (exact) mass is 269 g/mol. The minimum Gasteiger partial charge on any atom is -0.402 e. The summed E-state index contributed by atoms with van der Waals surface area (Å²) >= 11 is 0. The van der Waals surface area contributed by atoms with E-state index in [1.165, 1.54) is 12.1 Å². The Morgan fingerprint density at radius 2 is 1.65 bits per heavy atom. The Balaban J connectivity index is 2.44. The first kappa shape index (κ1) is 13.8. The van der Waals surface area contributed by atoms with Crippen LogP contribution >= 0.6 is 0 Å². The summed E-state index contributed by atoms with van der Waals surface area (Å²) in [5.74, 6) is -0.283. The predicted octanol–water partition coefficient (Wildman–Crippen LogP) is 3.39. The van der Waals surface area contributed by atoms with Crippen molar-refractivity contribution in [3.8, 4) is 0 Å². The molecule has 0 aromatic heterocycles. The van der Waals surface area contributed by atoms with Crippen molar-refractivity contribution in [2.24, 2.45) is 10.7 Å². The quantitative estimate of drug-likeness (QED) is 0.662. The minimum absolute atomic E-state index is 0.283. The largest absolute Gasteiger partial charge is 0.402 e. The third kappa shape index (κ3) is 3.68. The molecule has 0 aliphatic carbocycles. The molecule has 2 rings (SSSR count). The van der Waals surface area contributed by atoms with Crippen LogP contribution in [-0.4, -0.2) is 5.71 Å². The fourth-order valence-corrected chi connectivity index (χ4v) is 1.70. The number of halogens is 1. The summed E-state index contributed by atoms with van der Waals surface area (Å²) in [6.45, 7) is 1.78. The standard InChI is InChI=1S/C16H16FN3/c1-11(18)10-16(12-2-4-13(17)5-3-12)20-15-8-6-14(19)7-9-15/h2-10H,18-19H2,1H3. The van der Waals surface area contributed by atoms with E-state index >= 15 is 0 Å². The van der Waals surface area contributed by atoms with E-state index in [0.717, 1.165) is 11.3 Å². The van der Waals surface area contributed by atoms with Crippen LogP contribution in [0.2, 0.25) is 0 Å². The van der Waals surface area contributed by atoms with Gasteiger partial charge in [0.1, 0.15) is 5.82 Å². The molecule has 0 aliphatic heterocycles. The van der Waals surface area contributed by atoms with Gasteiger partial charge in [0.05, 0.1) is 11.4 Å². The van der Waals surface area contributed by atoms with Gasteiger partial charge < -0.3 is 11.5 Å². The van der Waals surface area contributed by atoms with Crippen LogP contribution in [0.5, 0.6) is 0 Å². The zero-order valence-corrected chi connectivity index (χ0v) is 11.2. The molecule has 0 saturated carbocycles. The Morgan fingerprint density at radius 3 is 2.20 bits per heavy atom. The molecule has 102 valence electrons. The summed E-state index contributed by atoms with van der Waals surface area (Å²) in [7, 11) is 0. The molecule has 4 N–H and O–H groups in total. The highest BCUT2D eigenvalue weighted by atomic mass is 19.1. The molecule has 4 heteroatoms. The predicted molar refractivity (Wildman–Crippen MR) is 81.4 cm³/mol. The third-order valence-electron chi connectivity index (χ3n) is 2.65. The van der Waals surface area contributed by atoms with Gasteiger partial charge in [0.15, 0.2) is 0 Å². The van der Waals surface area contributed by atoms with Crippen LogP contribution in [0.4, 0.5) is 15.8 Å². The van der Waals surface area contributed by atoms with Gasteiger partial charge in [0.2, 0.25) is 0 Å². The second-order valence-corrected chi connectivity index (χ2v) is 4.48. The van der Waals surface area contributed by atoms with Crippen molar-refractivity contribution in [2.45, 2.75) is 6.92 Å². The van der Waals surface area contributed by atoms with Crippen LogP contribution in [0.1, 0.15) is 12.5 Å².